The van der Waals surface area contributed by atoms with E-state index in [4.69, 9.17) is 9.15 Å². The van der Waals surface area contributed by atoms with Gasteiger partial charge in [0.2, 0.25) is 6.20 Å². The molecule has 0 fully saturated rings. The Kier molecular flexibility index (Phi) is 2.27. The van der Waals surface area contributed by atoms with Gasteiger partial charge < -0.3 is 9.15 Å². The van der Waals surface area contributed by atoms with Crippen LogP contribution in [0.4, 0.5) is 0 Å². The summed E-state index contributed by atoms with van der Waals surface area (Å²) in [5.41, 5.74) is 0. The maximum Gasteiger partial charge on any atom is 0.334 e. The molecule has 0 spiro atoms. The number of rotatable bonds is 3. The highest BCUT2D eigenvalue weighted by Gasteiger charge is 1.97. The molecule has 0 aromatic carbocycles. The fourth-order valence-corrected chi connectivity index (χ4v) is 0.586. The van der Waals surface area contributed by atoms with Crippen molar-refractivity contribution in [3.05, 3.63) is 18.9 Å². The van der Waals surface area contributed by atoms with Gasteiger partial charge in [-0.2, -0.15) is 4.57 Å². The van der Waals surface area contributed by atoms with E-state index in [1.165, 1.54) is 0 Å². The molecule has 0 saturated carbocycles. The number of aromatic nitrogens is 1. The van der Waals surface area contributed by atoms with Crippen LogP contribution in [0.5, 0.6) is 0 Å². The van der Waals surface area contributed by atoms with E-state index in [0.717, 1.165) is 13.2 Å². The highest BCUT2D eigenvalue weighted by atomic mass is 16.5. The second-order valence-corrected chi connectivity index (χ2v) is 1.76. The Morgan fingerprint density at radius 1 is 1.67 bits per heavy atom. The average Bonchev–Trinajstić information content (AvgIpc) is 2.34. The van der Waals surface area contributed by atoms with E-state index in [2.05, 4.69) is 0 Å². The summed E-state index contributed by atoms with van der Waals surface area (Å²) in [6.07, 6.45) is 5.15. The molecule has 0 aliphatic rings. The molecular formula is C6H10NO2+. The molecule has 1 aromatic rings. The first-order valence-corrected chi connectivity index (χ1v) is 2.83. The van der Waals surface area contributed by atoms with Gasteiger partial charge in [-0.05, 0) is 0 Å². The van der Waals surface area contributed by atoms with Gasteiger partial charge in [0.05, 0.1) is 0 Å². The molecule has 1 heterocycles. The summed E-state index contributed by atoms with van der Waals surface area (Å²) >= 11 is 0. The fourth-order valence-electron chi connectivity index (χ4n) is 0.586. The highest BCUT2D eigenvalue weighted by Crippen LogP contribution is 1.75. The van der Waals surface area contributed by atoms with Gasteiger partial charge in [-0.3, -0.25) is 0 Å². The van der Waals surface area contributed by atoms with Crippen LogP contribution in [0.25, 0.3) is 0 Å². The van der Waals surface area contributed by atoms with Crippen molar-refractivity contribution in [1.82, 2.24) is 0 Å². The van der Waals surface area contributed by atoms with Crippen LogP contribution in [-0.4, -0.2) is 13.7 Å². The molecule has 50 valence electrons. The Morgan fingerprint density at radius 3 is 3.11 bits per heavy atom. The molecule has 1 rings (SSSR count). The van der Waals surface area contributed by atoms with E-state index in [1.807, 2.05) is 10.8 Å². The first-order valence-electron chi connectivity index (χ1n) is 2.83. The molecule has 0 aliphatic carbocycles. The minimum absolute atomic E-state index is 0.726. The molecule has 3 heteroatoms. The lowest BCUT2D eigenvalue weighted by Gasteiger charge is -1.87. The topological polar surface area (TPSA) is 26.2 Å². The summed E-state index contributed by atoms with van der Waals surface area (Å²) in [4.78, 5) is 0. The summed E-state index contributed by atoms with van der Waals surface area (Å²) in [7, 11) is 1.68. The third-order valence-corrected chi connectivity index (χ3v) is 1.08. The van der Waals surface area contributed by atoms with Crippen LogP contribution in [0, 0.1) is 0 Å². The van der Waals surface area contributed by atoms with E-state index in [1.54, 1.807) is 19.8 Å². The molecule has 0 N–H and O–H groups in total. The van der Waals surface area contributed by atoms with Crippen molar-refractivity contribution in [2.45, 2.75) is 6.54 Å². The van der Waals surface area contributed by atoms with E-state index in [9.17, 15) is 0 Å². The molecule has 0 atom stereocenters. The first kappa shape index (κ1) is 6.29. The molecular weight excluding hydrogens is 118 g/mol. The predicted octanol–water partition coefficient (Wildman–Crippen LogP) is 0.213. The third kappa shape index (κ3) is 1.85. The zero-order valence-electron chi connectivity index (χ0n) is 5.41. The van der Waals surface area contributed by atoms with Crippen LogP contribution in [-0.2, 0) is 11.3 Å². The Hall–Kier alpha value is -0.830. The summed E-state index contributed by atoms with van der Waals surface area (Å²) in [5, 5.41) is 0. The van der Waals surface area contributed by atoms with Gasteiger partial charge in [-0.1, -0.05) is 0 Å². The van der Waals surface area contributed by atoms with E-state index >= 15 is 0 Å². The van der Waals surface area contributed by atoms with Crippen molar-refractivity contribution in [3.63, 3.8) is 0 Å². The zero-order valence-corrected chi connectivity index (χ0v) is 5.41. The van der Waals surface area contributed by atoms with Gasteiger partial charge in [0.25, 0.3) is 0 Å². The lowest BCUT2D eigenvalue weighted by Crippen LogP contribution is -2.32. The van der Waals surface area contributed by atoms with Crippen LogP contribution >= 0.6 is 0 Å². The lowest BCUT2D eigenvalue weighted by molar-refractivity contribution is -0.701. The van der Waals surface area contributed by atoms with Crippen molar-refractivity contribution >= 4 is 0 Å². The second-order valence-electron chi connectivity index (χ2n) is 1.76. The number of nitrogens with zero attached hydrogens (tertiary/aromatic N) is 1. The van der Waals surface area contributed by atoms with E-state index in [0.29, 0.717) is 0 Å². The maximum absolute atomic E-state index is 4.85. The smallest absolute Gasteiger partial charge is 0.334 e. The summed E-state index contributed by atoms with van der Waals surface area (Å²) < 4.78 is 11.6. The molecule has 0 aliphatic heterocycles. The van der Waals surface area contributed by atoms with Crippen LogP contribution in [0.1, 0.15) is 0 Å². The van der Waals surface area contributed by atoms with Crippen molar-refractivity contribution in [2.75, 3.05) is 13.7 Å². The molecule has 3 nitrogen and oxygen atoms in total. The number of methoxy groups -OCH3 is 1. The molecule has 0 unspecified atom stereocenters. The second kappa shape index (κ2) is 3.25. The molecule has 9 heavy (non-hydrogen) atoms. The Labute approximate surface area is 53.9 Å². The van der Waals surface area contributed by atoms with Gasteiger partial charge >= 0.3 is 6.39 Å². The van der Waals surface area contributed by atoms with Crippen LogP contribution in [0.3, 0.4) is 0 Å². The van der Waals surface area contributed by atoms with Crippen molar-refractivity contribution in [1.29, 1.82) is 0 Å². The minimum atomic E-state index is 0.726. The molecule has 0 radical (unpaired) electrons. The quantitative estimate of drug-likeness (QED) is 0.544. The van der Waals surface area contributed by atoms with Crippen molar-refractivity contribution < 1.29 is 13.7 Å². The lowest BCUT2D eigenvalue weighted by atomic mass is 10.7. The van der Waals surface area contributed by atoms with Crippen molar-refractivity contribution in [3.8, 4) is 0 Å². The Morgan fingerprint density at radius 2 is 2.56 bits per heavy atom. The largest absolute Gasteiger partial charge is 0.412 e. The normalized spacial score (nSPS) is 9.89. The zero-order chi connectivity index (χ0) is 6.53. The minimum Gasteiger partial charge on any atom is -0.412 e. The number of ether oxygens (including phenoxy) is 1. The number of hydrogen-bond acceptors (Lipinski definition) is 2. The number of oxazole rings is 1. The summed E-state index contributed by atoms with van der Waals surface area (Å²) in [6, 6.07) is 0. The molecule has 0 bridgehead atoms. The van der Waals surface area contributed by atoms with E-state index in [-0.39, 0.29) is 0 Å². The highest BCUT2D eigenvalue weighted by molar-refractivity contribution is 4.46. The third-order valence-electron chi connectivity index (χ3n) is 1.08. The number of hydrogen-bond donors (Lipinski definition) is 0. The van der Waals surface area contributed by atoms with Gasteiger partial charge in [-0.25, -0.2) is 0 Å². The maximum atomic E-state index is 4.85. The van der Waals surface area contributed by atoms with Gasteiger partial charge in [0.1, 0.15) is 6.61 Å². The van der Waals surface area contributed by atoms with Crippen LogP contribution < -0.4 is 4.57 Å². The molecule has 0 amide bonds. The first-order chi connectivity index (χ1) is 4.43. The summed E-state index contributed by atoms with van der Waals surface area (Å²) in [5.74, 6) is 0. The van der Waals surface area contributed by atoms with Gasteiger partial charge in [0, 0.05) is 7.11 Å². The van der Waals surface area contributed by atoms with Gasteiger partial charge in [0.15, 0.2) is 12.8 Å². The Bertz CT molecular complexity index is 148. The molecule has 1 aromatic heterocycles. The summed E-state index contributed by atoms with van der Waals surface area (Å²) in [6.45, 7) is 1.58. The standard InChI is InChI=1S/C6H10NO2/c1-8-4-2-7-3-5-9-6-7/h3,5-6H,2,4H2,1H3/q+1. The SMILES string of the molecule is COCC[n+]1ccoc1. The monoisotopic (exact) mass is 128 g/mol. The molecule has 0 saturated heterocycles. The van der Waals surface area contributed by atoms with Crippen LogP contribution in [0.2, 0.25) is 0 Å². The average molecular weight is 128 g/mol. The predicted molar refractivity (Wildman–Crippen MR) is 30.8 cm³/mol. The fraction of sp³-hybridized carbons (Fsp3) is 0.500. The van der Waals surface area contributed by atoms with Crippen molar-refractivity contribution in [2.24, 2.45) is 0 Å². The Balaban J connectivity index is 2.30. The van der Waals surface area contributed by atoms with Gasteiger partial charge in [-0.15, -0.1) is 0 Å². The van der Waals surface area contributed by atoms with E-state index < -0.39 is 0 Å². The van der Waals surface area contributed by atoms with Crippen LogP contribution in [0.15, 0.2) is 23.3 Å².